The molecular weight excluding hydrogens is 400 g/mol. The molecule has 6 nitrogen and oxygen atoms in total. The van der Waals surface area contributed by atoms with Gasteiger partial charge >= 0.3 is 5.97 Å². The Morgan fingerprint density at radius 3 is 2.47 bits per heavy atom. The lowest BCUT2D eigenvalue weighted by Crippen LogP contribution is -2.36. The molecule has 0 saturated carbocycles. The van der Waals surface area contributed by atoms with Gasteiger partial charge in [-0.3, -0.25) is 14.4 Å². The molecule has 1 fully saturated rings. The lowest BCUT2D eigenvalue weighted by atomic mass is 9.72. The lowest BCUT2D eigenvalue weighted by Gasteiger charge is -2.34. The van der Waals surface area contributed by atoms with Crippen LogP contribution in [0.4, 0.5) is 5.00 Å². The fraction of sp³-hybridized carbons (Fsp3) is 0.696. The molecule has 1 aliphatic heterocycles. The molecule has 30 heavy (non-hydrogen) atoms. The Kier molecular flexibility index (Phi) is 7.22. The van der Waals surface area contributed by atoms with Crippen LogP contribution in [0.1, 0.15) is 86.5 Å². The number of carbonyl (C=O) groups is 3. The van der Waals surface area contributed by atoms with Crippen LogP contribution >= 0.6 is 11.3 Å². The summed E-state index contributed by atoms with van der Waals surface area (Å²) in [5.41, 5.74) is 2.02. The minimum Gasteiger partial charge on any atom is -0.481 e. The number of carboxylic acid groups (broad SMARTS) is 1. The first-order valence-corrected chi connectivity index (χ1v) is 11.9. The molecule has 2 heterocycles. The van der Waals surface area contributed by atoms with Gasteiger partial charge in [-0.15, -0.1) is 11.3 Å². The Balaban J connectivity index is 1.84. The highest BCUT2D eigenvalue weighted by Crippen LogP contribution is 2.44. The minimum atomic E-state index is -0.899. The molecule has 3 rings (SSSR count). The molecule has 0 radical (unpaired) electrons. The third-order valence-corrected chi connectivity index (χ3v) is 7.56. The number of rotatable bonds is 6. The van der Waals surface area contributed by atoms with Crippen LogP contribution in [-0.2, 0) is 22.4 Å². The Hall–Kier alpha value is -1.89. The van der Waals surface area contributed by atoms with Crippen LogP contribution < -0.4 is 5.32 Å². The standard InChI is InChI=1S/C23H34N2O4S/c1-23(2,3)15-10-11-16-17(14-15)30-21(24-18(26)8-7-9-19(27)28)20(16)22(29)25-12-5-4-6-13-25/h15H,4-14H2,1-3H3,(H,24,26)(H,27,28)/t15-/m1/s1. The van der Waals surface area contributed by atoms with Crippen LogP contribution in [0.2, 0.25) is 0 Å². The second-order valence-corrected chi connectivity index (χ2v) is 10.8. The monoisotopic (exact) mass is 434 g/mol. The topological polar surface area (TPSA) is 86.7 Å². The van der Waals surface area contributed by atoms with E-state index in [0.717, 1.165) is 57.2 Å². The van der Waals surface area contributed by atoms with E-state index >= 15 is 0 Å². The van der Waals surface area contributed by atoms with Gasteiger partial charge in [0.25, 0.3) is 5.91 Å². The number of aliphatic carboxylic acids is 1. The van der Waals surface area contributed by atoms with Gasteiger partial charge in [0, 0.05) is 30.8 Å². The Morgan fingerprint density at radius 1 is 1.13 bits per heavy atom. The van der Waals surface area contributed by atoms with Crippen molar-refractivity contribution in [2.45, 2.75) is 78.6 Å². The maximum absolute atomic E-state index is 13.4. The van der Waals surface area contributed by atoms with Gasteiger partial charge in [-0.25, -0.2) is 0 Å². The minimum absolute atomic E-state index is 0.0266. The molecule has 0 aromatic carbocycles. The van der Waals surface area contributed by atoms with Crippen molar-refractivity contribution >= 4 is 34.1 Å². The molecule has 7 heteroatoms. The average Bonchev–Trinajstić information content (AvgIpc) is 3.04. The number of hydrogen-bond acceptors (Lipinski definition) is 4. The zero-order chi connectivity index (χ0) is 21.9. The SMILES string of the molecule is CC(C)(C)[C@@H]1CCc2c(sc(NC(=O)CCCC(=O)O)c2C(=O)N2CCCCC2)C1. The number of amides is 2. The lowest BCUT2D eigenvalue weighted by molar-refractivity contribution is -0.137. The summed E-state index contributed by atoms with van der Waals surface area (Å²) in [5, 5.41) is 12.4. The first-order chi connectivity index (χ1) is 14.2. The van der Waals surface area contributed by atoms with Crippen molar-refractivity contribution in [2.75, 3.05) is 18.4 Å². The van der Waals surface area contributed by atoms with Crippen LogP contribution in [-0.4, -0.2) is 40.9 Å². The van der Waals surface area contributed by atoms with E-state index in [4.69, 9.17) is 5.11 Å². The summed E-state index contributed by atoms with van der Waals surface area (Å²) < 4.78 is 0. The number of hydrogen-bond donors (Lipinski definition) is 2. The first-order valence-electron chi connectivity index (χ1n) is 11.1. The number of fused-ring (bicyclic) bond motifs is 1. The number of carbonyl (C=O) groups excluding carboxylic acids is 2. The van der Waals surface area contributed by atoms with E-state index < -0.39 is 5.97 Å². The van der Waals surface area contributed by atoms with Gasteiger partial charge in [-0.2, -0.15) is 0 Å². The second-order valence-electron chi connectivity index (χ2n) is 9.66. The molecule has 0 unspecified atom stereocenters. The third-order valence-electron chi connectivity index (χ3n) is 6.39. The van der Waals surface area contributed by atoms with E-state index in [1.807, 2.05) is 4.90 Å². The summed E-state index contributed by atoms with van der Waals surface area (Å²) in [6.07, 6.45) is 6.51. The molecule has 0 spiro atoms. The molecule has 1 saturated heterocycles. The van der Waals surface area contributed by atoms with Crippen molar-refractivity contribution in [3.63, 3.8) is 0 Å². The normalized spacial score (nSPS) is 19.3. The van der Waals surface area contributed by atoms with Crippen LogP contribution in [0.5, 0.6) is 0 Å². The van der Waals surface area contributed by atoms with Crippen molar-refractivity contribution < 1.29 is 19.5 Å². The fourth-order valence-corrected chi connectivity index (χ4v) is 5.82. The number of nitrogens with zero attached hydrogens (tertiary/aromatic N) is 1. The summed E-state index contributed by atoms with van der Waals surface area (Å²) in [6, 6.07) is 0. The molecule has 1 atom stereocenters. The van der Waals surface area contributed by atoms with Crippen molar-refractivity contribution in [2.24, 2.45) is 11.3 Å². The summed E-state index contributed by atoms with van der Waals surface area (Å²) in [6.45, 7) is 8.35. The zero-order valence-corrected chi connectivity index (χ0v) is 19.2. The maximum Gasteiger partial charge on any atom is 0.303 e. The van der Waals surface area contributed by atoms with Gasteiger partial charge in [0.1, 0.15) is 5.00 Å². The molecule has 2 N–H and O–H groups in total. The van der Waals surface area contributed by atoms with E-state index in [9.17, 15) is 14.4 Å². The molecule has 1 aromatic heterocycles. The Labute approximate surface area is 183 Å². The Bertz CT molecular complexity index is 803. The highest BCUT2D eigenvalue weighted by Gasteiger charge is 2.35. The third kappa shape index (κ3) is 5.42. The van der Waals surface area contributed by atoms with Gasteiger partial charge in [-0.05, 0) is 61.8 Å². The predicted molar refractivity (Wildman–Crippen MR) is 119 cm³/mol. The predicted octanol–water partition coefficient (Wildman–Crippen LogP) is 4.72. The molecule has 0 bridgehead atoms. The van der Waals surface area contributed by atoms with Crippen LogP contribution in [0.25, 0.3) is 0 Å². The van der Waals surface area contributed by atoms with Crippen molar-refractivity contribution in [3.8, 4) is 0 Å². The van der Waals surface area contributed by atoms with Crippen LogP contribution in [0.15, 0.2) is 0 Å². The van der Waals surface area contributed by atoms with Gasteiger partial charge < -0.3 is 15.3 Å². The van der Waals surface area contributed by atoms with Crippen LogP contribution in [0.3, 0.4) is 0 Å². The second kappa shape index (κ2) is 9.50. The van der Waals surface area contributed by atoms with E-state index in [1.54, 1.807) is 11.3 Å². The first kappa shape index (κ1) is 22.8. The Morgan fingerprint density at radius 2 is 1.83 bits per heavy atom. The quantitative estimate of drug-likeness (QED) is 0.678. The number of carboxylic acids is 1. The summed E-state index contributed by atoms with van der Waals surface area (Å²) >= 11 is 1.55. The van der Waals surface area contributed by atoms with Gasteiger partial charge in [-0.1, -0.05) is 20.8 Å². The number of anilines is 1. The number of likely N-dealkylation sites (tertiary alicyclic amines) is 1. The molecular formula is C23H34N2O4S. The fourth-order valence-electron chi connectivity index (χ4n) is 4.48. The largest absolute Gasteiger partial charge is 0.481 e. The smallest absolute Gasteiger partial charge is 0.303 e. The zero-order valence-electron chi connectivity index (χ0n) is 18.4. The van der Waals surface area contributed by atoms with E-state index in [2.05, 4.69) is 26.1 Å². The summed E-state index contributed by atoms with van der Waals surface area (Å²) in [7, 11) is 0. The summed E-state index contributed by atoms with van der Waals surface area (Å²) in [4.78, 5) is 39.8. The van der Waals surface area contributed by atoms with Crippen molar-refractivity contribution in [3.05, 3.63) is 16.0 Å². The number of nitrogens with one attached hydrogen (secondary N) is 1. The van der Waals surface area contributed by atoms with E-state index in [0.29, 0.717) is 22.9 Å². The molecule has 1 aromatic rings. The maximum atomic E-state index is 13.4. The van der Waals surface area contributed by atoms with E-state index in [-0.39, 0.29) is 30.1 Å². The van der Waals surface area contributed by atoms with Crippen molar-refractivity contribution in [1.29, 1.82) is 0 Å². The number of piperidine rings is 1. The molecule has 1 aliphatic carbocycles. The highest BCUT2D eigenvalue weighted by molar-refractivity contribution is 7.17. The van der Waals surface area contributed by atoms with Gasteiger partial charge in [0.05, 0.1) is 5.56 Å². The average molecular weight is 435 g/mol. The van der Waals surface area contributed by atoms with E-state index in [1.165, 1.54) is 4.88 Å². The molecule has 166 valence electrons. The van der Waals surface area contributed by atoms with Gasteiger partial charge in [0.15, 0.2) is 0 Å². The summed E-state index contributed by atoms with van der Waals surface area (Å²) in [5.74, 6) is -0.513. The highest BCUT2D eigenvalue weighted by atomic mass is 32.1. The van der Waals surface area contributed by atoms with Crippen molar-refractivity contribution in [1.82, 2.24) is 4.90 Å². The van der Waals surface area contributed by atoms with Gasteiger partial charge in [0.2, 0.25) is 5.91 Å². The number of thiophene rings is 1. The molecule has 2 aliphatic rings. The molecule has 2 amide bonds. The van der Waals surface area contributed by atoms with Crippen LogP contribution in [0, 0.1) is 11.3 Å².